The van der Waals surface area contributed by atoms with Gasteiger partial charge in [-0.05, 0) is 18.1 Å². The molecule has 0 spiro atoms. The van der Waals surface area contributed by atoms with Crippen molar-refractivity contribution >= 4 is 32.7 Å². The predicted molar refractivity (Wildman–Crippen MR) is 119 cm³/mol. The number of amides is 1. The molecule has 1 atom stereocenters. The van der Waals surface area contributed by atoms with Crippen LogP contribution in [0.4, 0.5) is 5.69 Å². The number of carbonyl (C=O) groups excluding carboxylic acids is 1. The molecule has 1 aromatic heterocycles. The molecular formula is C21H25N3O7S. The summed E-state index contributed by atoms with van der Waals surface area (Å²) in [5.74, 6) is -0.574. The number of fused-ring (bicyclic) bond motifs is 1. The molecule has 0 aliphatic carbocycles. The molecule has 1 amide bonds. The van der Waals surface area contributed by atoms with Crippen molar-refractivity contribution in [2.45, 2.75) is 24.8 Å². The van der Waals surface area contributed by atoms with Crippen molar-refractivity contribution in [1.29, 1.82) is 0 Å². The van der Waals surface area contributed by atoms with Gasteiger partial charge in [0.2, 0.25) is 15.9 Å². The van der Waals surface area contributed by atoms with Crippen LogP contribution in [0.1, 0.15) is 13.8 Å². The van der Waals surface area contributed by atoms with Gasteiger partial charge in [-0.2, -0.15) is 4.72 Å². The first-order valence-electron chi connectivity index (χ1n) is 9.71. The first-order chi connectivity index (χ1) is 15.1. The Kier molecular flexibility index (Phi) is 6.60. The van der Waals surface area contributed by atoms with Gasteiger partial charge in [-0.1, -0.05) is 13.8 Å². The van der Waals surface area contributed by atoms with Gasteiger partial charge in [0.25, 0.3) is 0 Å². The summed E-state index contributed by atoms with van der Waals surface area (Å²) in [5, 5.41) is 2.70. The van der Waals surface area contributed by atoms with Crippen molar-refractivity contribution < 1.29 is 27.1 Å². The second kappa shape index (κ2) is 9.05. The van der Waals surface area contributed by atoms with Crippen LogP contribution in [0.15, 0.2) is 50.5 Å². The van der Waals surface area contributed by atoms with Crippen LogP contribution in [-0.2, 0) is 21.9 Å². The molecule has 0 fully saturated rings. The molecule has 0 saturated heterocycles. The number of oxazole rings is 1. The van der Waals surface area contributed by atoms with Crippen LogP contribution in [-0.4, -0.2) is 39.2 Å². The highest BCUT2D eigenvalue weighted by Gasteiger charge is 2.29. The lowest BCUT2D eigenvalue weighted by Gasteiger charge is -2.22. The van der Waals surface area contributed by atoms with Gasteiger partial charge < -0.3 is 19.2 Å². The number of methoxy groups -OCH3 is 2. The summed E-state index contributed by atoms with van der Waals surface area (Å²) >= 11 is 0. The molecule has 0 bridgehead atoms. The van der Waals surface area contributed by atoms with Gasteiger partial charge in [0.15, 0.2) is 5.58 Å². The van der Waals surface area contributed by atoms with Gasteiger partial charge in [0.1, 0.15) is 17.5 Å². The average Bonchev–Trinajstić information content (AvgIpc) is 3.04. The Labute approximate surface area is 185 Å². The molecule has 0 unspecified atom stereocenters. The summed E-state index contributed by atoms with van der Waals surface area (Å²) in [4.78, 5) is 24.5. The topological polar surface area (TPSA) is 129 Å². The summed E-state index contributed by atoms with van der Waals surface area (Å²) in [6, 6.07) is 7.84. The zero-order valence-corrected chi connectivity index (χ0v) is 19.1. The van der Waals surface area contributed by atoms with E-state index < -0.39 is 27.7 Å². The van der Waals surface area contributed by atoms with Gasteiger partial charge in [0.05, 0.1) is 24.6 Å². The Bertz CT molecular complexity index is 1290. The first-order valence-corrected chi connectivity index (χ1v) is 11.2. The molecule has 1 heterocycles. The number of anilines is 1. The van der Waals surface area contributed by atoms with Crippen molar-refractivity contribution in [3.63, 3.8) is 0 Å². The van der Waals surface area contributed by atoms with Crippen LogP contribution >= 0.6 is 0 Å². The summed E-state index contributed by atoms with van der Waals surface area (Å²) in [7, 11) is 0.394. The molecule has 3 aromatic rings. The first kappa shape index (κ1) is 23.4. The predicted octanol–water partition coefficient (Wildman–Crippen LogP) is 2.09. The Morgan fingerprint density at radius 3 is 2.25 bits per heavy atom. The maximum atomic E-state index is 13.0. The zero-order chi connectivity index (χ0) is 23.6. The fourth-order valence-electron chi connectivity index (χ4n) is 3.11. The molecule has 0 aliphatic rings. The van der Waals surface area contributed by atoms with Crippen molar-refractivity contribution in [1.82, 2.24) is 9.29 Å². The smallest absolute Gasteiger partial charge is 0.419 e. The second-order valence-corrected chi connectivity index (χ2v) is 9.20. The summed E-state index contributed by atoms with van der Waals surface area (Å²) in [6.45, 7) is 3.44. The van der Waals surface area contributed by atoms with Gasteiger partial charge in [-0.15, -0.1) is 0 Å². The van der Waals surface area contributed by atoms with Gasteiger partial charge >= 0.3 is 5.76 Å². The minimum atomic E-state index is -4.09. The number of ether oxygens (including phenoxy) is 2. The summed E-state index contributed by atoms with van der Waals surface area (Å²) in [5.41, 5.74) is 0.983. The lowest BCUT2D eigenvalue weighted by Crippen LogP contribution is -2.47. The van der Waals surface area contributed by atoms with Gasteiger partial charge in [-0.25, -0.2) is 13.2 Å². The molecular weight excluding hydrogens is 438 g/mol. The molecule has 2 aromatic carbocycles. The van der Waals surface area contributed by atoms with Crippen LogP contribution < -0.4 is 25.3 Å². The largest absolute Gasteiger partial charge is 0.497 e. The van der Waals surface area contributed by atoms with Gasteiger partial charge in [-0.3, -0.25) is 9.36 Å². The van der Waals surface area contributed by atoms with E-state index in [9.17, 15) is 18.0 Å². The number of nitrogens with one attached hydrogen (secondary N) is 2. The zero-order valence-electron chi connectivity index (χ0n) is 18.3. The van der Waals surface area contributed by atoms with Crippen LogP contribution in [0.2, 0.25) is 0 Å². The van der Waals surface area contributed by atoms with Crippen molar-refractivity contribution in [3.05, 3.63) is 46.9 Å². The molecule has 0 saturated carbocycles. The Morgan fingerprint density at radius 2 is 1.69 bits per heavy atom. The molecule has 172 valence electrons. The number of benzene rings is 2. The molecule has 11 heteroatoms. The van der Waals surface area contributed by atoms with Crippen molar-refractivity contribution in [3.8, 4) is 11.5 Å². The second-order valence-electron chi connectivity index (χ2n) is 7.49. The van der Waals surface area contributed by atoms with Crippen molar-refractivity contribution in [2.75, 3.05) is 19.5 Å². The highest BCUT2D eigenvalue weighted by atomic mass is 32.2. The lowest BCUT2D eigenvalue weighted by molar-refractivity contribution is -0.118. The number of hydrogen-bond acceptors (Lipinski definition) is 7. The number of aryl methyl sites for hydroxylation is 1. The molecule has 10 nitrogen and oxygen atoms in total. The SMILES string of the molecule is COc1cc(NC(=O)[C@H](NS(=O)(=O)c2ccc3c(c2)oc(=O)n3C)C(C)C)cc(OC)c1. The Balaban J connectivity index is 1.87. The van der Waals surface area contributed by atoms with E-state index >= 15 is 0 Å². The fraction of sp³-hybridized carbons (Fsp3) is 0.333. The molecule has 0 aliphatic heterocycles. The summed E-state index contributed by atoms with van der Waals surface area (Å²) < 4.78 is 45.1. The standard InChI is InChI=1S/C21H25N3O7S/c1-12(2)19(20(25)22-13-8-14(29-4)10-15(9-13)30-5)23-32(27,28)16-6-7-17-18(11-16)31-21(26)24(17)3/h6-12,19,23H,1-5H3,(H,22,25)/t19-/m1/s1. The monoisotopic (exact) mass is 463 g/mol. The van der Waals surface area contributed by atoms with Crippen LogP contribution in [0.25, 0.3) is 11.1 Å². The number of sulfonamides is 1. The minimum absolute atomic E-state index is 0.124. The van der Waals surface area contributed by atoms with Gasteiger partial charge in [0, 0.05) is 37.0 Å². The molecule has 0 radical (unpaired) electrons. The summed E-state index contributed by atoms with van der Waals surface area (Å²) in [6.07, 6.45) is 0. The van der Waals surface area contributed by atoms with E-state index in [2.05, 4.69) is 10.0 Å². The quantitative estimate of drug-likeness (QED) is 0.523. The third-order valence-electron chi connectivity index (χ3n) is 4.92. The number of rotatable bonds is 8. The van der Waals surface area contributed by atoms with E-state index in [4.69, 9.17) is 13.9 Å². The Morgan fingerprint density at radius 1 is 1.06 bits per heavy atom. The third-order valence-corrected chi connectivity index (χ3v) is 6.36. The van der Waals surface area contributed by atoms with Crippen molar-refractivity contribution in [2.24, 2.45) is 13.0 Å². The van der Waals surface area contributed by atoms with E-state index in [1.54, 1.807) is 32.0 Å². The van der Waals surface area contributed by atoms with Crippen LogP contribution in [0.3, 0.4) is 0 Å². The number of aromatic nitrogens is 1. The fourth-order valence-corrected chi connectivity index (χ4v) is 4.47. The highest BCUT2D eigenvalue weighted by Crippen LogP contribution is 2.26. The van der Waals surface area contributed by atoms with E-state index in [-0.39, 0.29) is 16.4 Å². The van der Waals surface area contributed by atoms with Crippen LogP contribution in [0.5, 0.6) is 11.5 Å². The van der Waals surface area contributed by atoms with E-state index in [0.29, 0.717) is 22.7 Å². The van der Waals surface area contributed by atoms with E-state index in [1.807, 2.05) is 0 Å². The molecule has 2 N–H and O–H groups in total. The molecule has 3 rings (SSSR count). The maximum Gasteiger partial charge on any atom is 0.419 e. The highest BCUT2D eigenvalue weighted by molar-refractivity contribution is 7.89. The number of hydrogen-bond donors (Lipinski definition) is 2. The van der Waals surface area contributed by atoms with E-state index in [1.165, 1.54) is 44.0 Å². The van der Waals surface area contributed by atoms with Crippen LogP contribution in [0, 0.1) is 5.92 Å². The normalized spacial score (nSPS) is 12.7. The minimum Gasteiger partial charge on any atom is -0.497 e. The lowest BCUT2D eigenvalue weighted by atomic mass is 10.0. The Hall–Kier alpha value is -3.31. The third kappa shape index (κ3) is 4.78. The average molecular weight is 464 g/mol. The van der Waals surface area contributed by atoms with E-state index in [0.717, 1.165) is 0 Å². The number of carbonyl (C=O) groups is 1. The molecule has 32 heavy (non-hydrogen) atoms. The maximum absolute atomic E-state index is 13.0. The number of nitrogens with zero attached hydrogens (tertiary/aromatic N) is 1.